The van der Waals surface area contributed by atoms with E-state index in [1.165, 1.54) is 45.0 Å². The van der Waals surface area contributed by atoms with Gasteiger partial charge in [0, 0.05) is 74.9 Å². The number of ether oxygens (including phenoxy) is 1. The second-order valence-electron chi connectivity index (χ2n) is 30.2. The zero-order valence-electron chi connectivity index (χ0n) is 62.9. The number of hydrogen-bond donors (Lipinski definition) is 4. The monoisotopic (exact) mass is 1530 g/mol. The quantitative estimate of drug-likeness (QED) is 0.228. The molecule has 1 spiro atoms. The molecule has 6 aliphatic rings. The number of likely N-dealkylation sites (N-methyl/N-ethyl adjacent to an activating group) is 6. The average molecular weight is 1540 g/mol. The lowest BCUT2D eigenvalue weighted by Gasteiger charge is -2.47. The largest absolute Gasteiger partial charge is 0.422 e. The minimum Gasteiger partial charge on any atom is -0.390 e. The number of alkyl halides is 6. The molecule has 10 atom stereocenters. The fourth-order valence-corrected chi connectivity index (χ4v) is 15.5. The van der Waals surface area contributed by atoms with Crippen molar-refractivity contribution in [1.82, 2.24) is 60.0 Å². The fraction of sp³-hybridized carbons (Fsp3) is 0.676. The number of carbonyl (C=O) groups is 12. The van der Waals surface area contributed by atoms with Crippen LogP contribution >= 0.6 is 0 Å². The van der Waals surface area contributed by atoms with Crippen LogP contribution in [0, 0.1) is 29.4 Å². The lowest BCUT2D eigenvalue weighted by atomic mass is 9.74. The summed E-state index contributed by atoms with van der Waals surface area (Å²) in [5.41, 5.74) is -5.37. The molecule has 598 valence electrons. The van der Waals surface area contributed by atoms with Crippen LogP contribution in [0.3, 0.4) is 0 Å². The predicted octanol–water partition coefficient (Wildman–Crippen LogP) is 4.30. The predicted molar refractivity (Wildman–Crippen MR) is 373 cm³/mol. The van der Waals surface area contributed by atoms with Gasteiger partial charge < -0.3 is 69.9 Å². The van der Waals surface area contributed by atoms with E-state index in [4.69, 9.17) is 4.74 Å². The number of nitrogens with zero attached hydrogens (tertiary/aromatic N) is 9. The van der Waals surface area contributed by atoms with Gasteiger partial charge in [-0.25, -0.2) is 8.78 Å². The van der Waals surface area contributed by atoms with E-state index in [1.807, 2.05) is 0 Å². The number of aliphatic hydroxyl groups excluding tert-OH is 1. The zero-order chi connectivity index (χ0) is 79.8. The minimum atomic E-state index is -5.47. The van der Waals surface area contributed by atoms with Crippen molar-refractivity contribution in [1.29, 1.82) is 0 Å². The molecule has 0 unspecified atom stereocenters. The number of aryl methyl sites for hydroxylation is 1. The smallest absolute Gasteiger partial charge is 0.390 e. The first-order valence-electron chi connectivity index (χ1n) is 37.0. The molecule has 6 fully saturated rings. The summed E-state index contributed by atoms with van der Waals surface area (Å²) < 4.78 is 119. The molecule has 2 bridgehead atoms. The number of halogens is 8. The molecule has 2 saturated carbocycles. The Labute approximate surface area is 623 Å². The van der Waals surface area contributed by atoms with E-state index in [1.54, 1.807) is 27.7 Å². The van der Waals surface area contributed by atoms with Crippen molar-refractivity contribution in [2.45, 2.75) is 209 Å². The Bertz CT molecular complexity index is 3620. The molecule has 2 aromatic rings. The highest BCUT2D eigenvalue weighted by atomic mass is 19.4. The van der Waals surface area contributed by atoms with Crippen LogP contribution in [0.5, 0.6) is 0 Å². The highest BCUT2D eigenvalue weighted by molar-refractivity contribution is 6.01. The van der Waals surface area contributed by atoms with Gasteiger partial charge in [0.2, 0.25) is 70.9 Å². The number of morpholine rings is 1. The van der Waals surface area contributed by atoms with Crippen molar-refractivity contribution < 1.29 is 103 Å². The maximum atomic E-state index is 15.6. The van der Waals surface area contributed by atoms with Crippen LogP contribution in [0.2, 0.25) is 0 Å². The minimum absolute atomic E-state index is 0.00742. The first kappa shape index (κ1) is 85.1. The normalized spacial score (nSPS) is 26.7. The van der Waals surface area contributed by atoms with Crippen molar-refractivity contribution in [2.75, 3.05) is 94.8 Å². The number of aliphatic hydroxyl groups is 1. The second kappa shape index (κ2) is 35.9. The summed E-state index contributed by atoms with van der Waals surface area (Å²) in [6, 6.07) is -7.74. The molecule has 0 aromatic heterocycles. The molecule has 0 radical (unpaired) electrons. The van der Waals surface area contributed by atoms with E-state index in [0.29, 0.717) is 50.7 Å². The van der Waals surface area contributed by atoms with Gasteiger partial charge in [-0.05, 0) is 130 Å². The highest BCUT2D eigenvalue weighted by Gasteiger charge is 2.54. The summed E-state index contributed by atoms with van der Waals surface area (Å²) in [6.45, 7) is 5.27. The van der Waals surface area contributed by atoms with Gasteiger partial charge in [-0.2, -0.15) is 26.3 Å². The summed E-state index contributed by atoms with van der Waals surface area (Å²) in [4.78, 5) is 191. The molecule has 4 saturated heterocycles. The maximum Gasteiger partial charge on any atom is 0.422 e. The van der Waals surface area contributed by atoms with Crippen molar-refractivity contribution in [3.8, 4) is 0 Å². The molecule has 108 heavy (non-hydrogen) atoms. The third kappa shape index (κ3) is 19.7. The Hall–Kier alpha value is -8.56. The molecular formula is C74H102F8N12O14. The van der Waals surface area contributed by atoms with Gasteiger partial charge in [0.05, 0.1) is 44.4 Å². The number of hydrogen-bond acceptors (Lipinski definition) is 14. The summed E-state index contributed by atoms with van der Waals surface area (Å²) in [5.74, 6) is -15.8. The van der Waals surface area contributed by atoms with Gasteiger partial charge in [0.1, 0.15) is 71.1 Å². The first-order valence-corrected chi connectivity index (χ1v) is 37.0. The third-order valence-corrected chi connectivity index (χ3v) is 22.3. The molecule has 8 rings (SSSR count). The number of rotatable bonds is 11. The lowest BCUT2D eigenvalue weighted by Crippen LogP contribution is -2.69. The average Bonchev–Trinajstić information content (AvgIpc) is 0.949. The number of carbonyl (C=O) groups excluding carboxylic acids is 12. The van der Waals surface area contributed by atoms with Crippen LogP contribution in [0.25, 0.3) is 0 Å². The van der Waals surface area contributed by atoms with Crippen LogP contribution < -0.4 is 16.0 Å². The molecule has 4 heterocycles. The van der Waals surface area contributed by atoms with E-state index >= 15 is 47.1 Å². The van der Waals surface area contributed by atoms with E-state index in [0.717, 1.165) is 65.6 Å². The Morgan fingerprint density at radius 2 is 1.23 bits per heavy atom. The number of amides is 12. The Kier molecular flexibility index (Phi) is 28.2. The van der Waals surface area contributed by atoms with Crippen LogP contribution in [0.4, 0.5) is 35.1 Å². The Morgan fingerprint density at radius 1 is 0.620 bits per heavy atom. The second-order valence-corrected chi connectivity index (χ2v) is 30.2. The summed E-state index contributed by atoms with van der Waals surface area (Å²) in [7, 11) is 7.80. The van der Waals surface area contributed by atoms with Crippen LogP contribution in [-0.4, -0.2) is 275 Å². The van der Waals surface area contributed by atoms with Gasteiger partial charge in [0.25, 0.3) is 0 Å². The third-order valence-electron chi connectivity index (χ3n) is 22.3. The van der Waals surface area contributed by atoms with Gasteiger partial charge >= 0.3 is 12.4 Å². The van der Waals surface area contributed by atoms with E-state index in [2.05, 4.69) is 16.0 Å². The van der Waals surface area contributed by atoms with Crippen molar-refractivity contribution in [3.05, 3.63) is 70.3 Å². The molecule has 2 aromatic carbocycles. The number of benzene rings is 2. The molecule has 4 N–H and O–H groups in total. The number of nitrogens with one attached hydrogen (secondary N) is 3. The lowest BCUT2D eigenvalue weighted by molar-refractivity contribution is -0.159. The van der Waals surface area contributed by atoms with Gasteiger partial charge in [-0.3, -0.25) is 57.5 Å². The van der Waals surface area contributed by atoms with Crippen LogP contribution in [0.15, 0.2) is 36.4 Å². The molecule has 12 amide bonds. The summed E-state index contributed by atoms with van der Waals surface area (Å²) in [6.07, 6.45) is -11.4. The molecule has 4 aliphatic heterocycles. The van der Waals surface area contributed by atoms with Gasteiger partial charge in [-0.1, -0.05) is 59.1 Å². The standard InChI is InChI=1S/C74H102F8N12O14/c1-11-43(4)60-69(105)87(6)41-58(98)88(7)51-19-14-15-29-93(68(51)104)54(38-44-20-23-47(24-21-44)73(77,78)79)66(102)86(5)40-56(96)83-50(25-22-45-36-48(75)59(49(76)37-45)74(80,81)82)65(101)94-30-26-55(95)62(94)64(100)85-72(27-16-28-72)71(107)91(10)61(46-17-12-13-18-46)70(106)90(9)53(67(103)92-31-33-108-34-32-92)39-57(97)89(8)52(35-42(2)3)63(99)84-60/h20-21,23-24,36-37,42-43,46,50-55,60-62,95H,11-19,22,25-35,38-41H2,1-10H3,(H,83,96)(H,84,99)(H,85,100)/t43-,50-,51-,52-,53-,54-,55-,60-,61-,62-/m0/s1. The van der Waals surface area contributed by atoms with Crippen molar-refractivity contribution >= 4 is 70.9 Å². The molecule has 26 nitrogen and oxygen atoms in total. The molecule has 2 aliphatic carbocycles. The van der Waals surface area contributed by atoms with E-state index in [9.17, 15) is 50.6 Å². The SMILES string of the molecule is CC[C@H](C)[C@@H]1NC(=O)[C@H](CC(C)C)N(C)C(=O)C[C@@H](C(=O)N2CCOCC2)N(C)C(=O)[C@H](C2CCCC2)N(C)C(=O)C2(CCC2)NC(=O)[C@@H]2[C@@H](O)CCN2C(=O)[C@H](CCc2cc(F)c(C(F)(F)F)c(F)c2)NC(=O)CN(C)C(=O)[C@H](Cc2ccc(C(F)(F)F)cc2)N2CCCC[C@@H](C2=O)N(C)C(=O)CN(C)C1=O. The van der Waals surface area contributed by atoms with E-state index < -0.39 is 229 Å². The Morgan fingerprint density at radius 3 is 1.81 bits per heavy atom. The molecular weight excluding hydrogens is 1430 g/mol. The Balaban J connectivity index is 1.21. The first-order chi connectivity index (χ1) is 50.7. The summed E-state index contributed by atoms with van der Waals surface area (Å²) in [5, 5.41) is 19.8. The topological polar surface area (TPSA) is 300 Å². The molecule has 34 heteroatoms. The van der Waals surface area contributed by atoms with E-state index in [-0.39, 0.29) is 89.3 Å². The van der Waals surface area contributed by atoms with Crippen LogP contribution in [-0.2, 0) is 87.5 Å². The van der Waals surface area contributed by atoms with Gasteiger partial charge in [-0.15, -0.1) is 0 Å². The highest BCUT2D eigenvalue weighted by Crippen LogP contribution is 2.40. The van der Waals surface area contributed by atoms with Crippen LogP contribution in [0.1, 0.15) is 146 Å². The zero-order valence-corrected chi connectivity index (χ0v) is 62.9. The summed E-state index contributed by atoms with van der Waals surface area (Å²) >= 11 is 0. The van der Waals surface area contributed by atoms with Crippen molar-refractivity contribution in [2.24, 2.45) is 17.8 Å². The van der Waals surface area contributed by atoms with Gasteiger partial charge in [0.15, 0.2) is 0 Å². The van der Waals surface area contributed by atoms with Crippen molar-refractivity contribution in [3.63, 3.8) is 0 Å². The maximum absolute atomic E-state index is 15.6. The number of fused-ring (bicyclic) bond motifs is 3. The fourth-order valence-electron chi connectivity index (χ4n) is 15.5.